The Kier molecular flexibility index (Phi) is 6.32. The summed E-state index contributed by atoms with van der Waals surface area (Å²) < 4.78 is 29.9. The molecule has 1 aliphatic carbocycles. The number of aryl methyl sites for hydroxylation is 1. The van der Waals surface area contributed by atoms with Crippen LogP contribution in [0.25, 0.3) is 0 Å². The molecule has 45 heavy (non-hydrogen) atoms. The van der Waals surface area contributed by atoms with E-state index in [2.05, 4.69) is 20.6 Å². The number of nitrogens with two attached hydrogens (primary N) is 2. The van der Waals surface area contributed by atoms with E-state index in [9.17, 15) is 33.4 Å². The zero-order valence-electron chi connectivity index (χ0n) is 23.9. The zero-order chi connectivity index (χ0) is 31.9. The number of anilines is 1. The number of rotatable bonds is 5. The molecule has 14 nitrogen and oxygen atoms in total. The van der Waals surface area contributed by atoms with Gasteiger partial charge in [0.15, 0.2) is 12.0 Å². The summed E-state index contributed by atoms with van der Waals surface area (Å²) in [5.41, 5.74) is 10.8. The molecule has 4 heterocycles. The monoisotopic (exact) mass is 624 g/mol. The van der Waals surface area contributed by atoms with Crippen molar-refractivity contribution >= 4 is 35.5 Å². The van der Waals surface area contributed by atoms with Gasteiger partial charge in [-0.05, 0) is 36.6 Å². The highest BCUT2D eigenvalue weighted by Crippen LogP contribution is 2.44. The highest BCUT2D eigenvalue weighted by Gasteiger charge is 2.76. The van der Waals surface area contributed by atoms with Crippen molar-refractivity contribution in [2.75, 3.05) is 24.5 Å². The van der Waals surface area contributed by atoms with E-state index >= 15 is 0 Å². The van der Waals surface area contributed by atoms with Crippen molar-refractivity contribution in [2.45, 2.75) is 54.8 Å². The summed E-state index contributed by atoms with van der Waals surface area (Å²) in [5.74, 6) is -7.68. The van der Waals surface area contributed by atoms with Crippen LogP contribution in [-0.2, 0) is 17.1 Å². The average molecular weight is 625 g/mol. The zero-order valence-corrected chi connectivity index (χ0v) is 23.9. The number of hydrogen-bond acceptors (Lipinski definition) is 10. The van der Waals surface area contributed by atoms with Crippen LogP contribution >= 0.6 is 0 Å². The first-order valence-electron chi connectivity index (χ1n) is 14.6. The van der Waals surface area contributed by atoms with Gasteiger partial charge < -0.3 is 21.3 Å². The Labute approximate surface area is 255 Å². The van der Waals surface area contributed by atoms with Crippen molar-refractivity contribution in [1.29, 1.82) is 0 Å². The van der Waals surface area contributed by atoms with Crippen LogP contribution < -0.4 is 32.0 Å². The number of benzene rings is 2. The van der Waals surface area contributed by atoms with Crippen LogP contribution in [-0.4, -0.2) is 99.0 Å². The first-order chi connectivity index (χ1) is 21.3. The fourth-order valence-corrected chi connectivity index (χ4v) is 7.33. The van der Waals surface area contributed by atoms with Crippen LogP contribution in [0.5, 0.6) is 0 Å². The molecule has 2 aromatic carbocycles. The lowest BCUT2D eigenvalue weighted by molar-refractivity contribution is -0.521. The summed E-state index contributed by atoms with van der Waals surface area (Å²) in [6.07, 6.45) is 0.265. The van der Waals surface area contributed by atoms with E-state index in [0.29, 0.717) is 17.7 Å². The Morgan fingerprint density at radius 1 is 1.13 bits per heavy atom. The van der Waals surface area contributed by atoms with Crippen molar-refractivity contribution in [1.82, 2.24) is 20.4 Å². The third-order valence-corrected chi connectivity index (χ3v) is 9.38. The minimum absolute atomic E-state index is 0.0684. The van der Waals surface area contributed by atoms with Gasteiger partial charge in [-0.25, -0.2) is 23.9 Å². The first-order valence-corrected chi connectivity index (χ1v) is 14.6. The lowest BCUT2D eigenvalue weighted by Crippen LogP contribution is -2.90. The number of carbonyl (C=O) groups is 3. The maximum atomic E-state index is 15.0. The summed E-state index contributed by atoms with van der Waals surface area (Å²) in [6.45, 7) is -0.757. The molecule has 0 saturated carbocycles. The number of amides is 4. The number of carbonyl (C=O) groups excluding carboxylic acids is 3. The molecule has 7 rings (SSSR count). The molecule has 2 fully saturated rings. The van der Waals surface area contributed by atoms with Crippen LogP contribution in [0.15, 0.2) is 53.5 Å². The van der Waals surface area contributed by atoms with Crippen LogP contribution in [0.4, 0.5) is 19.3 Å². The number of aliphatic imine (C=N–C) groups is 1. The van der Waals surface area contributed by atoms with Gasteiger partial charge in [-0.15, -0.1) is 0 Å². The molecule has 1 spiro atoms. The smallest absolute Gasteiger partial charge is 0.343 e. The van der Waals surface area contributed by atoms with Gasteiger partial charge >= 0.3 is 12.0 Å². The van der Waals surface area contributed by atoms with E-state index in [0.717, 1.165) is 4.90 Å². The molecule has 16 heteroatoms. The predicted molar refractivity (Wildman–Crippen MR) is 155 cm³/mol. The second-order valence-electron chi connectivity index (χ2n) is 12.0. The highest BCUT2D eigenvalue weighted by molar-refractivity contribution is 6.12. The highest BCUT2D eigenvalue weighted by atomic mass is 19.3. The number of aliphatic hydroxyl groups is 2. The van der Waals surface area contributed by atoms with Crippen molar-refractivity contribution in [3.05, 3.63) is 65.2 Å². The largest absolute Gasteiger partial charge is 0.370 e. The lowest BCUT2D eigenvalue weighted by Gasteiger charge is -2.46. The summed E-state index contributed by atoms with van der Waals surface area (Å²) in [4.78, 5) is 50.9. The normalized spacial score (nSPS) is 29.4. The number of urea groups is 1. The van der Waals surface area contributed by atoms with Gasteiger partial charge in [-0.2, -0.15) is 0 Å². The summed E-state index contributed by atoms with van der Waals surface area (Å²) >= 11 is 0. The fraction of sp³-hybridized carbons (Fsp3) is 0.414. The SMILES string of the molecule is NC1=N[C@@H](CN2C(=O)CN(c3ccccc3)C2=O)[C@@H]2[NH+]=C(N)N[C@]23N1CC(NC(=O)c1cccc2c1C(F)(F)CCC2)C3(O)O. The number of halogens is 2. The molecular weight excluding hydrogens is 592 g/mol. The number of alkyl halides is 2. The summed E-state index contributed by atoms with van der Waals surface area (Å²) in [6, 6.07) is 8.88. The van der Waals surface area contributed by atoms with E-state index in [1.54, 1.807) is 36.4 Å². The van der Waals surface area contributed by atoms with Crippen molar-refractivity contribution in [3.63, 3.8) is 0 Å². The van der Waals surface area contributed by atoms with Crippen LogP contribution in [0.3, 0.4) is 0 Å². The predicted octanol–water partition coefficient (Wildman–Crippen LogP) is -2.56. The van der Waals surface area contributed by atoms with E-state index < -0.39 is 59.8 Å². The van der Waals surface area contributed by atoms with Gasteiger partial charge in [0.1, 0.15) is 18.6 Å². The molecule has 4 aliphatic heterocycles. The Balaban J connectivity index is 1.18. The lowest BCUT2D eigenvalue weighted by atomic mass is 9.84. The number of nitrogens with zero attached hydrogens (tertiary/aromatic N) is 4. The van der Waals surface area contributed by atoms with Gasteiger partial charge in [0.2, 0.25) is 5.79 Å². The van der Waals surface area contributed by atoms with Crippen LogP contribution in [0.2, 0.25) is 0 Å². The summed E-state index contributed by atoms with van der Waals surface area (Å²) in [5, 5.41) is 28.9. The van der Waals surface area contributed by atoms with Gasteiger partial charge in [0.05, 0.1) is 13.1 Å². The first kappa shape index (κ1) is 28.9. The molecule has 2 aromatic rings. The molecule has 1 unspecified atom stereocenters. The molecule has 0 aromatic heterocycles. The third kappa shape index (κ3) is 4.15. The van der Waals surface area contributed by atoms with Gasteiger partial charge in [-0.1, -0.05) is 30.3 Å². The van der Waals surface area contributed by atoms with Crippen molar-refractivity contribution in [2.24, 2.45) is 16.5 Å². The second kappa shape index (κ2) is 9.84. The molecule has 0 bridgehead atoms. The van der Waals surface area contributed by atoms with Crippen LogP contribution in [0.1, 0.15) is 34.3 Å². The Morgan fingerprint density at radius 3 is 2.64 bits per heavy atom. The van der Waals surface area contributed by atoms with Gasteiger partial charge in [-0.3, -0.25) is 35.0 Å². The number of para-hydroxylation sites is 1. The Bertz CT molecular complexity index is 1670. The van der Waals surface area contributed by atoms with Gasteiger partial charge in [0, 0.05) is 23.2 Å². The van der Waals surface area contributed by atoms with E-state index in [-0.39, 0.29) is 49.1 Å². The number of hydrogen-bond donors (Lipinski definition) is 7. The minimum atomic E-state index is -3.22. The van der Waals surface area contributed by atoms with E-state index in [1.807, 2.05) is 0 Å². The van der Waals surface area contributed by atoms with Gasteiger partial charge in [0.25, 0.3) is 23.4 Å². The fourth-order valence-electron chi connectivity index (χ4n) is 7.33. The topological polar surface area (TPSA) is 204 Å². The quantitative estimate of drug-likeness (QED) is 0.138. The maximum Gasteiger partial charge on any atom is 0.343 e. The molecule has 5 aliphatic rings. The van der Waals surface area contributed by atoms with Crippen molar-refractivity contribution < 1.29 is 38.4 Å². The molecule has 4 amide bonds. The molecular formula is C29H32F2N9O5+. The summed E-state index contributed by atoms with van der Waals surface area (Å²) in [7, 11) is 0. The average Bonchev–Trinajstić information content (AvgIpc) is 3.58. The maximum absolute atomic E-state index is 15.0. The number of imide groups is 1. The minimum Gasteiger partial charge on any atom is -0.370 e. The van der Waals surface area contributed by atoms with E-state index in [4.69, 9.17) is 11.5 Å². The molecule has 4 atom stereocenters. The van der Waals surface area contributed by atoms with Crippen LogP contribution in [0, 0.1) is 0 Å². The Morgan fingerprint density at radius 2 is 1.89 bits per heavy atom. The number of fused-ring (bicyclic) bond motifs is 1. The number of nitrogens with one attached hydrogen (secondary N) is 3. The van der Waals surface area contributed by atoms with Crippen molar-refractivity contribution in [3.8, 4) is 0 Å². The second-order valence-corrected chi connectivity index (χ2v) is 12.0. The molecule has 9 N–H and O–H groups in total. The van der Waals surface area contributed by atoms with E-state index in [1.165, 1.54) is 21.9 Å². The molecule has 236 valence electrons. The third-order valence-electron chi connectivity index (χ3n) is 9.38. The molecule has 2 saturated heterocycles. The Hall–Kier alpha value is -4.83. The number of guanidine groups is 2. The molecule has 0 radical (unpaired) electrons. The standard InChI is InChI=1S/C29H31F2N9O5/c30-27(31)11-5-7-15-6-4-10-17(21(15)27)23(42)35-19-13-40-25(33)34-18(22-28(40,29(19,44)45)37-24(32)36-22)12-39-20(41)14-38(26(39)43)16-8-2-1-3-9-16/h1-4,6,8-10,18-19,22,44-45H,5,7,11-14H2,(H2,33,34)(H,35,42)(H3,32,36,37)/p+1/t18-,19?,22-,28-/m0/s1.